The van der Waals surface area contributed by atoms with E-state index in [-0.39, 0.29) is 18.9 Å². The second kappa shape index (κ2) is 69.8. The van der Waals surface area contributed by atoms with Crippen molar-refractivity contribution in [3.8, 4) is 0 Å². The molecule has 14 nitrogen and oxygen atoms in total. The van der Waals surface area contributed by atoms with Crippen LogP contribution in [0.15, 0.2) is 12.2 Å². The number of hydrogen-bond acceptors (Lipinski definition) is 13. The maximum Gasteiger partial charge on any atom is 0.220 e. The van der Waals surface area contributed by atoms with Gasteiger partial charge in [0.25, 0.3) is 0 Å². The van der Waals surface area contributed by atoms with Crippen LogP contribution in [0.25, 0.3) is 0 Å². The van der Waals surface area contributed by atoms with Gasteiger partial charge in [0.2, 0.25) is 5.91 Å². The van der Waals surface area contributed by atoms with Gasteiger partial charge < -0.3 is 65.1 Å². The molecule has 2 heterocycles. The predicted molar refractivity (Wildman–Crippen MR) is 411 cm³/mol. The molecule has 2 aliphatic rings. The first-order valence-electron chi connectivity index (χ1n) is 43.4. The minimum Gasteiger partial charge on any atom is -0.394 e. The standard InChI is InChI=1S/C85H165NO13/c1-3-5-7-9-11-13-15-17-19-21-23-25-27-29-31-33-35-36-37-38-39-41-43-45-47-49-51-53-55-57-59-61-63-65-67-69-77(90)86-73(72-96-84-82(95)80(93)83(76(71-88)98-84)99-85-81(94)79(92)78(91)75(70-87)97-85)74(89)68-66-64-62-60-58-56-54-52-50-48-46-44-42-40-34-32-30-28-26-24-22-20-18-16-14-12-10-8-6-4-2/h66,68,73-76,78-85,87-89,91-95H,3-65,67,69-72H2,1-2H3,(H,86,90)/b68-66+. The Morgan fingerprint density at radius 2 is 0.626 bits per heavy atom. The van der Waals surface area contributed by atoms with Gasteiger partial charge in [-0.1, -0.05) is 418 Å². The lowest BCUT2D eigenvalue weighted by molar-refractivity contribution is -0.359. The van der Waals surface area contributed by atoms with Crippen LogP contribution < -0.4 is 5.32 Å². The summed E-state index contributed by atoms with van der Waals surface area (Å²) in [5.41, 5.74) is 0. The molecule has 2 aliphatic heterocycles. The summed E-state index contributed by atoms with van der Waals surface area (Å²) in [6.45, 7) is 2.89. The summed E-state index contributed by atoms with van der Waals surface area (Å²) in [6, 6.07) is -0.913. The van der Waals surface area contributed by atoms with Crippen LogP contribution in [0.3, 0.4) is 0 Å². The molecule has 14 heteroatoms. The maximum absolute atomic E-state index is 13.4. The second-order valence-corrected chi connectivity index (χ2v) is 31.0. The molecule has 2 fully saturated rings. The molecule has 0 spiro atoms. The molecule has 0 aromatic rings. The molecule has 1 amide bonds. The Morgan fingerprint density at radius 3 is 0.929 bits per heavy atom. The number of carbonyl (C=O) groups excluding carboxylic acids is 1. The van der Waals surface area contributed by atoms with Gasteiger partial charge in [-0.25, -0.2) is 0 Å². The molecule has 0 radical (unpaired) electrons. The average Bonchev–Trinajstić information content (AvgIpc) is 0.799. The van der Waals surface area contributed by atoms with Crippen LogP contribution in [0.5, 0.6) is 0 Å². The zero-order valence-electron chi connectivity index (χ0n) is 64.8. The number of hydrogen-bond donors (Lipinski definition) is 9. The van der Waals surface area contributed by atoms with Crippen LogP contribution in [-0.2, 0) is 23.7 Å². The highest BCUT2D eigenvalue weighted by Gasteiger charge is 2.51. The highest BCUT2D eigenvalue weighted by atomic mass is 16.7. The van der Waals surface area contributed by atoms with E-state index in [1.165, 1.54) is 366 Å². The number of amides is 1. The first-order valence-corrected chi connectivity index (χ1v) is 43.4. The van der Waals surface area contributed by atoms with E-state index < -0.39 is 86.8 Å². The molecule has 0 saturated carbocycles. The van der Waals surface area contributed by atoms with Gasteiger partial charge in [-0.2, -0.15) is 0 Å². The third kappa shape index (κ3) is 52.4. The Hall–Kier alpha value is -1.27. The summed E-state index contributed by atoms with van der Waals surface area (Å²) < 4.78 is 23.0. The summed E-state index contributed by atoms with van der Waals surface area (Å²) >= 11 is 0. The Morgan fingerprint density at radius 1 is 0.354 bits per heavy atom. The molecule has 0 bridgehead atoms. The van der Waals surface area contributed by atoms with Crippen LogP contribution in [0.4, 0.5) is 0 Å². The lowest BCUT2D eigenvalue weighted by Crippen LogP contribution is -2.65. The van der Waals surface area contributed by atoms with Crippen molar-refractivity contribution in [2.45, 2.75) is 505 Å². The Bertz CT molecular complexity index is 1710. The molecule has 12 atom stereocenters. The van der Waals surface area contributed by atoms with Gasteiger partial charge in [0.15, 0.2) is 12.6 Å². The van der Waals surface area contributed by atoms with Gasteiger partial charge in [0.1, 0.15) is 48.8 Å². The average molecular weight is 1410 g/mol. The minimum absolute atomic E-state index is 0.228. The zero-order chi connectivity index (χ0) is 71.5. The van der Waals surface area contributed by atoms with E-state index in [1.54, 1.807) is 6.08 Å². The summed E-state index contributed by atoms with van der Waals surface area (Å²) in [5, 5.41) is 87.8. The van der Waals surface area contributed by atoms with Crippen molar-refractivity contribution in [1.82, 2.24) is 5.32 Å². The normalized spacial score (nSPS) is 21.9. The lowest BCUT2D eigenvalue weighted by atomic mass is 9.97. The molecular formula is C85H165NO13. The van der Waals surface area contributed by atoms with Crippen molar-refractivity contribution >= 4 is 5.91 Å². The number of nitrogens with one attached hydrogen (secondary N) is 1. The number of aliphatic hydroxyl groups excluding tert-OH is 8. The minimum atomic E-state index is -1.79. The topological polar surface area (TPSA) is 228 Å². The van der Waals surface area contributed by atoms with Crippen molar-refractivity contribution in [3.05, 3.63) is 12.2 Å². The highest BCUT2D eigenvalue weighted by molar-refractivity contribution is 5.76. The number of aliphatic hydroxyl groups is 8. The fourth-order valence-electron chi connectivity index (χ4n) is 14.9. The first kappa shape index (κ1) is 93.8. The van der Waals surface area contributed by atoms with Crippen LogP contribution >= 0.6 is 0 Å². The Kier molecular flexibility index (Phi) is 66.1. The number of unbranched alkanes of at least 4 members (excludes halogenated alkanes) is 62. The van der Waals surface area contributed by atoms with Crippen LogP contribution in [0.1, 0.15) is 431 Å². The molecule has 9 N–H and O–H groups in total. The predicted octanol–water partition coefficient (Wildman–Crippen LogP) is 20.4. The monoisotopic (exact) mass is 1410 g/mol. The van der Waals surface area contributed by atoms with Crippen LogP contribution in [0.2, 0.25) is 0 Å². The van der Waals surface area contributed by atoms with Crippen molar-refractivity contribution in [1.29, 1.82) is 0 Å². The van der Waals surface area contributed by atoms with Crippen molar-refractivity contribution < 1.29 is 64.6 Å². The summed E-state index contributed by atoms with van der Waals surface area (Å²) in [5.74, 6) is -0.228. The van der Waals surface area contributed by atoms with E-state index in [1.807, 2.05) is 6.08 Å². The zero-order valence-corrected chi connectivity index (χ0v) is 64.8. The number of rotatable bonds is 75. The molecular weight excluding hydrogens is 1240 g/mol. The molecule has 2 rings (SSSR count). The second-order valence-electron chi connectivity index (χ2n) is 31.0. The van der Waals surface area contributed by atoms with Gasteiger partial charge in [0.05, 0.1) is 32.0 Å². The van der Waals surface area contributed by atoms with Crippen molar-refractivity contribution in [3.63, 3.8) is 0 Å². The Labute approximate surface area is 609 Å². The summed E-state index contributed by atoms with van der Waals surface area (Å²) in [4.78, 5) is 13.4. The molecule has 99 heavy (non-hydrogen) atoms. The van der Waals surface area contributed by atoms with Gasteiger partial charge in [-0.3, -0.25) is 4.79 Å². The molecule has 0 aromatic heterocycles. The first-order chi connectivity index (χ1) is 48.6. The van der Waals surface area contributed by atoms with Gasteiger partial charge in [-0.05, 0) is 19.3 Å². The van der Waals surface area contributed by atoms with Gasteiger partial charge in [-0.15, -0.1) is 0 Å². The summed E-state index contributed by atoms with van der Waals surface area (Å²) in [7, 11) is 0. The number of allylic oxidation sites excluding steroid dienone is 1. The van der Waals surface area contributed by atoms with E-state index in [4.69, 9.17) is 18.9 Å². The smallest absolute Gasteiger partial charge is 0.220 e. The van der Waals surface area contributed by atoms with Gasteiger partial charge in [0, 0.05) is 6.42 Å². The highest BCUT2D eigenvalue weighted by Crippen LogP contribution is 2.31. The third-order valence-electron chi connectivity index (χ3n) is 21.7. The van der Waals surface area contributed by atoms with Crippen molar-refractivity contribution in [2.75, 3.05) is 19.8 Å². The van der Waals surface area contributed by atoms with E-state index in [2.05, 4.69) is 19.2 Å². The SMILES string of the molecule is CCCCCCCCCCCCCCCCCCCCCCCCCCCCCC/C=C/C(O)C(COC1OC(CO)C(OC2OC(CO)C(O)C(O)C2O)C(O)C1O)NC(=O)CCCCCCCCCCCCCCCCCCCCCCCCCCCCCCCCCCCCC. The molecule has 2 saturated heterocycles. The van der Waals surface area contributed by atoms with Crippen molar-refractivity contribution in [2.24, 2.45) is 0 Å². The number of ether oxygens (including phenoxy) is 4. The fraction of sp³-hybridized carbons (Fsp3) is 0.965. The molecule has 0 aliphatic carbocycles. The van der Waals surface area contributed by atoms with Crippen LogP contribution in [0, 0.1) is 0 Å². The van der Waals surface area contributed by atoms with E-state index in [0.29, 0.717) is 0 Å². The lowest BCUT2D eigenvalue weighted by Gasteiger charge is -2.46. The number of carbonyl (C=O) groups is 1. The maximum atomic E-state index is 13.4. The van der Waals surface area contributed by atoms with Crippen LogP contribution in [-0.4, -0.2) is 140 Å². The molecule has 588 valence electrons. The van der Waals surface area contributed by atoms with E-state index in [9.17, 15) is 45.6 Å². The fourth-order valence-corrected chi connectivity index (χ4v) is 14.9. The largest absolute Gasteiger partial charge is 0.394 e. The molecule has 12 unspecified atom stereocenters. The summed E-state index contributed by atoms with van der Waals surface area (Å²) in [6.07, 6.45) is 73.2. The molecule has 0 aromatic carbocycles. The Balaban J connectivity index is 1.58. The third-order valence-corrected chi connectivity index (χ3v) is 21.7. The van der Waals surface area contributed by atoms with Gasteiger partial charge >= 0.3 is 0 Å². The van der Waals surface area contributed by atoms with E-state index >= 15 is 0 Å². The quantitative estimate of drug-likeness (QED) is 0.0204. The van der Waals surface area contributed by atoms with E-state index in [0.717, 1.165) is 44.9 Å².